The van der Waals surface area contributed by atoms with E-state index in [4.69, 9.17) is 4.74 Å². The van der Waals surface area contributed by atoms with E-state index in [1.54, 1.807) is 11.3 Å². The predicted molar refractivity (Wildman–Crippen MR) is 93.8 cm³/mol. The standard InChI is InChI=1S/C17H29N3O2S/c1-12(15-10-19-13(2)23-15)18-9-14-7-6-8-20(11-14)16(21)22-17(3,4)5/h10,12,14,18H,6-9,11H2,1-5H3/t12-,14+/m0/s1. The average molecular weight is 340 g/mol. The fourth-order valence-corrected chi connectivity index (χ4v) is 3.56. The maximum absolute atomic E-state index is 12.2. The van der Waals surface area contributed by atoms with Gasteiger partial charge in [-0.25, -0.2) is 9.78 Å². The number of thiazole rings is 1. The van der Waals surface area contributed by atoms with Crippen molar-refractivity contribution in [2.24, 2.45) is 5.92 Å². The van der Waals surface area contributed by atoms with Crippen molar-refractivity contribution in [1.82, 2.24) is 15.2 Å². The van der Waals surface area contributed by atoms with E-state index >= 15 is 0 Å². The topological polar surface area (TPSA) is 54.5 Å². The van der Waals surface area contributed by atoms with Gasteiger partial charge >= 0.3 is 6.09 Å². The normalized spacial score (nSPS) is 20.4. The molecule has 5 nitrogen and oxygen atoms in total. The van der Waals surface area contributed by atoms with E-state index in [0.717, 1.165) is 37.5 Å². The number of carbonyl (C=O) groups is 1. The maximum Gasteiger partial charge on any atom is 0.410 e. The van der Waals surface area contributed by atoms with Crippen molar-refractivity contribution in [3.8, 4) is 0 Å². The Balaban J connectivity index is 1.81. The molecule has 1 saturated heterocycles. The minimum absolute atomic E-state index is 0.187. The summed E-state index contributed by atoms with van der Waals surface area (Å²) in [4.78, 5) is 19.6. The first-order chi connectivity index (χ1) is 10.7. The van der Waals surface area contributed by atoms with Crippen molar-refractivity contribution in [3.63, 3.8) is 0 Å². The highest BCUT2D eigenvalue weighted by atomic mass is 32.1. The van der Waals surface area contributed by atoms with Crippen LogP contribution in [0.5, 0.6) is 0 Å². The first kappa shape index (κ1) is 18.2. The van der Waals surface area contributed by atoms with Crippen LogP contribution in [-0.2, 0) is 4.74 Å². The summed E-state index contributed by atoms with van der Waals surface area (Å²) in [6.07, 6.45) is 3.96. The number of hydrogen-bond acceptors (Lipinski definition) is 5. The van der Waals surface area contributed by atoms with E-state index in [2.05, 4.69) is 17.2 Å². The number of piperidine rings is 1. The van der Waals surface area contributed by atoms with Crippen molar-refractivity contribution in [3.05, 3.63) is 16.1 Å². The van der Waals surface area contributed by atoms with Crippen LogP contribution in [0.4, 0.5) is 4.79 Å². The summed E-state index contributed by atoms with van der Waals surface area (Å²) >= 11 is 1.74. The molecule has 2 heterocycles. The first-order valence-corrected chi connectivity index (χ1v) is 9.20. The molecule has 0 unspecified atom stereocenters. The van der Waals surface area contributed by atoms with Gasteiger partial charge in [0.2, 0.25) is 0 Å². The highest BCUT2D eigenvalue weighted by Crippen LogP contribution is 2.22. The highest BCUT2D eigenvalue weighted by Gasteiger charge is 2.27. The third kappa shape index (κ3) is 5.77. The van der Waals surface area contributed by atoms with Gasteiger partial charge < -0.3 is 15.0 Å². The molecule has 1 aromatic heterocycles. The maximum atomic E-state index is 12.2. The van der Waals surface area contributed by atoms with Gasteiger partial charge in [-0.1, -0.05) is 0 Å². The summed E-state index contributed by atoms with van der Waals surface area (Å²) < 4.78 is 5.48. The fourth-order valence-electron chi connectivity index (χ4n) is 2.75. The summed E-state index contributed by atoms with van der Waals surface area (Å²) in [5.41, 5.74) is -0.430. The molecule has 0 aliphatic carbocycles. The Kier molecular flexibility index (Phi) is 6.03. The second-order valence-electron chi connectivity index (χ2n) is 7.35. The zero-order chi connectivity index (χ0) is 17.0. The molecule has 23 heavy (non-hydrogen) atoms. The molecule has 0 aromatic carbocycles. The number of hydrogen-bond donors (Lipinski definition) is 1. The van der Waals surface area contributed by atoms with Crippen LogP contribution < -0.4 is 5.32 Å². The van der Waals surface area contributed by atoms with Crippen molar-refractivity contribution in [2.45, 2.75) is 59.1 Å². The second-order valence-corrected chi connectivity index (χ2v) is 8.61. The number of amides is 1. The number of aryl methyl sites for hydroxylation is 1. The van der Waals surface area contributed by atoms with Crippen LogP contribution in [0.1, 0.15) is 56.5 Å². The number of ether oxygens (including phenoxy) is 1. The molecule has 1 fully saturated rings. The molecule has 1 aliphatic heterocycles. The lowest BCUT2D eigenvalue weighted by Gasteiger charge is -2.34. The molecule has 0 radical (unpaired) electrons. The predicted octanol–water partition coefficient (Wildman–Crippen LogP) is 3.75. The van der Waals surface area contributed by atoms with Crippen LogP contribution in [-0.4, -0.2) is 41.2 Å². The number of likely N-dealkylation sites (tertiary alicyclic amines) is 1. The van der Waals surface area contributed by atoms with Gasteiger partial charge in [-0.3, -0.25) is 0 Å². The largest absolute Gasteiger partial charge is 0.444 e. The Hall–Kier alpha value is -1.14. The SMILES string of the molecule is Cc1ncc([C@H](C)NC[C@H]2CCCN(C(=O)OC(C)(C)C)C2)s1. The van der Waals surface area contributed by atoms with Crippen molar-refractivity contribution < 1.29 is 9.53 Å². The van der Waals surface area contributed by atoms with Gasteiger partial charge in [-0.05, 0) is 53.4 Å². The van der Waals surface area contributed by atoms with Crippen LogP contribution in [0.2, 0.25) is 0 Å². The van der Waals surface area contributed by atoms with E-state index in [9.17, 15) is 4.79 Å². The van der Waals surface area contributed by atoms with Gasteiger partial charge in [0, 0.05) is 36.8 Å². The molecular weight excluding hydrogens is 310 g/mol. The van der Waals surface area contributed by atoms with Gasteiger partial charge in [0.15, 0.2) is 0 Å². The molecule has 130 valence electrons. The van der Waals surface area contributed by atoms with E-state index < -0.39 is 5.60 Å². The van der Waals surface area contributed by atoms with E-state index in [0.29, 0.717) is 12.0 Å². The summed E-state index contributed by atoms with van der Waals surface area (Å²) in [7, 11) is 0. The molecule has 1 amide bonds. The minimum atomic E-state index is -0.430. The van der Waals surface area contributed by atoms with Crippen LogP contribution in [0, 0.1) is 12.8 Å². The number of aromatic nitrogens is 1. The molecule has 1 N–H and O–H groups in total. The Morgan fingerprint density at radius 3 is 2.91 bits per heavy atom. The van der Waals surface area contributed by atoms with E-state index in [1.807, 2.05) is 38.8 Å². The Labute approximate surface area is 143 Å². The van der Waals surface area contributed by atoms with Gasteiger partial charge in [-0.15, -0.1) is 11.3 Å². The molecule has 2 atom stereocenters. The third-order valence-corrected chi connectivity index (χ3v) is 5.04. The lowest BCUT2D eigenvalue weighted by molar-refractivity contribution is 0.0165. The number of rotatable bonds is 4. The van der Waals surface area contributed by atoms with Crippen molar-refractivity contribution in [1.29, 1.82) is 0 Å². The van der Waals surface area contributed by atoms with Crippen LogP contribution in [0.15, 0.2) is 6.20 Å². The lowest BCUT2D eigenvalue weighted by Crippen LogP contribution is -2.45. The van der Waals surface area contributed by atoms with E-state index in [1.165, 1.54) is 4.88 Å². The minimum Gasteiger partial charge on any atom is -0.444 e. The summed E-state index contributed by atoms with van der Waals surface area (Å²) in [6, 6.07) is 0.304. The molecule has 2 rings (SSSR count). The zero-order valence-corrected chi connectivity index (χ0v) is 15.7. The molecular formula is C17H29N3O2S. The Morgan fingerprint density at radius 1 is 1.57 bits per heavy atom. The monoisotopic (exact) mass is 339 g/mol. The smallest absolute Gasteiger partial charge is 0.410 e. The van der Waals surface area contributed by atoms with Gasteiger partial charge in [0.05, 0.1) is 5.01 Å². The quantitative estimate of drug-likeness (QED) is 0.908. The van der Waals surface area contributed by atoms with Crippen LogP contribution in [0.3, 0.4) is 0 Å². The van der Waals surface area contributed by atoms with Crippen LogP contribution in [0.25, 0.3) is 0 Å². The average Bonchev–Trinajstić information content (AvgIpc) is 2.90. The fraction of sp³-hybridized carbons (Fsp3) is 0.765. The molecule has 6 heteroatoms. The molecule has 1 aromatic rings. The third-order valence-electron chi connectivity index (χ3n) is 3.95. The highest BCUT2D eigenvalue weighted by molar-refractivity contribution is 7.11. The number of nitrogens with zero attached hydrogens (tertiary/aromatic N) is 2. The zero-order valence-electron chi connectivity index (χ0n) is 14.9. The molecule has 0 spiro atoms. The van der Waals surface area contributed by atoms with Crippen molar-refractivity contribution >= 4 is 17.4 Å². The van der Waals surface area contributed by atoms with Gasteiger partial charge in [0.25, 0.3) is 0 Å². The van der Waals surface area contributed by atoms with E-state index in [-0.39, 0.29) is 6.09 Å². The second kappa shape index (κ2) is 7.62. The molecule has 1 aliphatic rings. The first-order valence-electron chi connectivity index (χ1n) is 8.38. The number of nitrogens with one attached hydrogen (secondary N) is 1. The summed E-state index contributed by atoms with van der Waals surface area (Å²) in [5.74, 6) is 0.479. The van der Waals surface area contributed by atoms with Crippen molar-refractivity contribution in [2.75, 3.05) is 19.6 Å². The Morgan fingerprint density at radius 2 is 2.30 bits per heavy atom. The van der Waals surface area contributed by atoms with Gasteiger partial charge in [0.1, 0.15) is 5.60 Å². The van der Waals surface area contributed by atoms with Crippen LogP contribution >= 0.6 is 11.3 Å². The van der Waals surface area contributed by atoms with Gasteiger partial charge in [-0.2, -0.15) is 0 Å². The lowest BCUT2D eigenvalue weighted by atomic mass is 9.98. The number of carbonyl (C=O) groups excluding carboxylic acids is 1. The summed E-state index contributed by atoms with van der Waals surface area (Å²) in [6.45, 7) is 12.4. The Bertz CT molecular complexity index is 524. The molecule has 0 bridgehead atoms. The summed E-state index contributed by atoms with van der Waals surface area (Å²) in [5, 5.41) is 4.68. The molecule has 0 saturated carbocycles.